The average Bonchev–Trinajstić information content (AvgIpc) is 3.16. The maximum absolute atomic E-state index is 11.8. The molecule has 2 aromatic rings. The lowest BCUT2D eigenvalue weighted by Crippen LogP contribution is -2.24. The molecule has 0 bridgehead atoms. The quantitative estimate of drug-likeness (QED) is 0.594. The van der Waals surface area contributed by atoms with E-state index >= 15 is 0 Å². The highest BCUT2D eigenvalue weighted by Crippen LogP contribution is 2.27. The SMILES string of the molecule is O=C(COc1ccc(Cl)cc1Cl)N/N=C\c1ccc(N2CCCC2)cc1. The minimum absolute atomic E-state index is 0.188. The van der Waals surface area contributed by atoms with Gasteiger partial charge in [-0.2, -0.15) is 5.10 Å². The first kappa shape index (κ1) is 18.5. The highest BCUT2D eigenvalue weighted by Gasteiger charge is 2.11. The second kappa shape index (κ2) is 8.92. The fourth-order valence-electron chi connectivity index (χ4n) is 2.69. The zero-order valence-electron chi connectivity index (χ0n) is 14.1. The number of amides is 1. The number of hydrogen-bond donors (Lipinski definition) is 1. The van der Waals surface area contributed by atoms with Gasteiger partial charge in [-0.25, -0.2) is 5.43 Å². The van der Waals surface area contributed by atoms with Gasteiger partial charge in [0.25, 0.3) is 5.91 Å². The number of hydrogen-bond acceptors (Lipinski definition) is 4. The summed E-state index contributed by atoms with van der Waals surface area (Å²) < 4.78 is 5.35. The number of carbonyl (C=O) groups is 1. The van der Waals surface area contributed by atoms with Crippen LogP contribution in [0.5, 0.6) is 5.75 Å². The van der Waals surface area contributed by atoms with E-state index in [1.165, 1.54) is 18.5 Å². The molecule has 0 saturated carbocycles. The molecule has 0 spiro atoms. The molecule has 2 aromatic carbocycles. The molecule has 0 aliphatic carbocycles. The maximum atomic E-state index is 11.8. The Morgan fingerprint density at radius 2 is 1.88 bits per heavy atom. The van der Waals surface area contributed by atoms with Gasteiger partial charge in [0.2, 0.25) is 0 Å². The standard InChI is InChI=1S/C19H19Cl2N3O2/c20-15-5-8-18(17(21)11-15)26-13-19(25)23-22-12-14-3-6-16(7-4-14)24-9-1-2-10-24/h3-8,11-12H,1-2,9-10,13H2,(H,23,25)/b22-12-. The van der Waals surface area contributed by atoms with Gasteiger partial charge < -0.3 is 9.64 Å². The molecule has 1 saturated heterocycles. The number of rotatable bonds is 6. The molecule has 1 N–H and O–H groups in total. The van der Waals surface area contributed by atoms with E-state index in [0.717, 1.165) is 18.7 Å². The summed E-state index contributed by atoms with van der Waals surface area (Å²) in [6, 6.07) is 12.9. The molecule has 1 aliphatic rings. The molecule has 26 heavy (non-hydrogen) atoms. The number of anilines is 1. The van der Waals surface area contributed by atoms with Gasteiger partial charge in [-0.05, 0) is 48.7 Å². The van der Waals surface area contributed by atoms with Crippen LogP contribution in [0.1, 0.15) is 18.4 Å². The Labute approximate surface area is 162 Å². The minimum Gasteiger partial charge on any atom is -0.482 e. The number of nitrogens with one attached hydrogen (secondary N) is 1. The number of hydrazone groups is 1. The van der Waals surface area contributed by atoms with Crippen LogP contribution in [-0.4, -0.2) is 31.8 Å². The van der Waals surface area contributed by atoms with Gasteiger partial charge in [0.15, 0.2) is 6.61 Å². The van der Waals surface area contributed by atoms with E-state index in [4.69, 9.17) is 27.9 Å². The van der Waals surface area contributed by atoms with E-state index in [-0.39, 0.29) is 12.5 Å². The van der Waals surface area contributed by atoms with E-state index < -0.39 is 0 Å². The first-order valence-electron chi connectivity index (χ1n) is 8.36. The van der Waals surface area contributed by atoms with Crippen molar-refractivity contribution in [1.82, 2.24) is 5.43 Å². The number of nitrogens with zero attached hydrogens (tertiary/aromatic N) is 2. The van der Waals surface area contributed by atoms with E-state index in [1.807, 2.05) is 12.1 Å². The summed E-state index contributed by atoms with van der Waals surface area (Å²) in [5.41, 5.74) is 4.56. The van der Waals surface area contributed by atoms with Gasteiger partial charge in [0.05, 0.1) is 11.2 Å². The third-order valence-corrected chi connectivity index (χ3v) is 4.55. The van der Waals surface area contributed by atoms with Gasteiger partial charge in [0, 0.05) is 23.8 Å². The summed E-state index contributed by atoms with van der Waals surface area (Å²) >= 11 is 11.8. The predicted molar refractivity (Wildman–Crippen MR) is 106 cm³/mol. The van der Waals surface area contributed by atoms with Crippen LogP contribution in [0.25, 0.3) is 0 Å². The monoisotopic (exact) mass is 391 g/mol. The third-order valence-electron chi connectivity index (χ3n) is 4.02. The van der Waals surface area contributed by atoms with Gasteiger partial charge in [0.1, 0.15) is 5.75 Å². The zero-order chi connectivity index (χ0) is 18.4. The van der Waals surface area contributed by atoms with Crippen LogP contribution in [0.15, 0.2) is 47.6 Å². The van der Waals surface area contributed by atoms with Crippen molar-refractivity contribution in [2.45, 2.75) is 12.8 Å². The van der Waals surface area contributed by atoms with Crippen LogP contribution in [0, 0.1) is 0 Å². The highest BCUT2D eigenvalue weighted by molar-refractivity contribution is 6.35. The lowest BCUT2D eigenvalue weighted by molar-refractivity contribution is -0.123. The molecule has 0 unspecified atom stereocenters. The third kappa shape index (κ3) is 5.13. The van der Waals surface area contributed by atoms with Gasteiger partial charge in [-0.15, -0.1) is 0 Å². The molecule has 1 heterocycles. The molecular weight excluding hydrogens is 373 g/mol. The summed E-state index contributed by atoms with van der Waals surface area (Å²) in [5, 5.41) is 4.81. The Hall–Kier alpha value is -2.24. The summed E-state index contributed by atoms with van der Waals surface area (Å²) in [6.45, 7) is 2.04. The van der Waals surface area contributed by atoms with Crippen molar-refractivity contribution in [3.63, 3.8) is 0 Å². The summed E-state index contributed by atoms with van der Waals surface area (Å²) in [4.78, 5) is 14.2. The summed E-state index contributed by atoms with van der Waals surface area (Å²) in [7, 11) is 0. The maximum Gasteiger partial charge on any atom is 0.277 e. The molecule has 136 valence electrons. The largest absolute Gasteiger partial charge is 0.482 e. The fraction of sp³-hybridized carbons (Fsp3) is 0.263. The summed E-state index contributed by atoms with van der Waals surface area (Å²) in [6.07, 6.45) is 4.10. The summed E-state index contributed by atoms with van der Waals surface area (Å²) in [5.74, 6) is 0.0219. The van der Waals surface area contributed by atoms with Crippen molar-refractivity contribution < 1.29 is 9.53 Å². The Bertz CT molecular complexity index is 788. The molecule has 3 rings (SSSR count). The van der Waals surface area contributed by atoms with Crippen LogP contribution in [0.2, 0.25) is 10.0 Å². The van der Waals surface area contributed by atoms with E-state index in [9.17, 15) is 4.79 Å². The first-order valence-corrected chi connectivity index (χ1v) is 9.12. The van der Waals surface area contributed by atoms with Crippen LogP contribution < -0.4 is 15.1 Å². The van der Waals surface area contributed by atoms with Crippen molar-refractivity contribution in [3.8, 4) is 5.75 Å². The second-order valence-corrected chi connectivity index (χ2v) is 6.79. The fourth-order valence-corrected chi connectivity index (χ4v) is 3.16. The highest BCUT2D eigenvalue weighted by atomic mass is 35.5. The topological polar surface area (TPSA) is 53.9 Å². The number of ether oxygens (including phenoxy) is 1. The van der Waals surface area contributed by atoms with Gasteiger partial charge in [-0.3, -0.25) is 4.79 Å². The van der Waals surface area contributed by atoms with Gasteiger partial charge >= 0.3 is 0 Å². The molecule has 5 nitrogen and oxygen atoms in total. The van der Waals surface area contributed by atoms with Crippen LogP contribution in [0.4, 0.5) is 5.69 Å². The van der Waals surface area contributed by atoms with Gasteiger partial charge in [-0.1, -0.05) is 35.3 Å². The molecule has 1 amide bonds. The Morgan fingerprint density at radius 1 is 1.15 bits per heavy atom. The molecule has 7 heteroatoms. The second-order valence-electron chi connectivity index (χ2n) is 5.94. The molecule has 1 aliphatic heterocycles. The Morgan fingerprint density at radius 3 is 2.58 bits per heavy atom. The molecule has 0 radical (unpaired) electrons. The number of benzene rings is 2. The van der Waals surface area contributed by atoms with Crippen molar-refractivity contribution in [1.29, 1.82) is 0 Å². The predicted octanol–water partition coefficient (Wildman–Crippen LogP) is 4.12. The molecule has 1 fully saturated rings. The van der Waals surface area contributed by atoms with Crippen LogP contribution >= 0.6 is 23.2 Å². The molecular formula is C19H19Cl2N3O2. The molecule has 0 aromatic heterocycles. The van der Waals surface area contributed by atoms with E-state index in [1.54, 1.807) is 24.4 Å². The first-order chi connectivity index (χ1) is 12.6. The minimum atomic E-state index is -0.374. The van der Waals surface area contributed by atoms with E-state index in [2.05, 4.69) is 27.6 Å². The average molecular weight is 392 g/mol. The van der Waals surface area contributed by atoms with E-state index in [0.29, 0.717) is 15.8 Å². The molecule has 0 atom stereocenters. The van der Waals surface area contributed by atoms with Crippen molar-refractivity contribution in [3.05, 3.63) is 58.1 Å². The van der Waals surface area contributed by atoms with Crippen LogP contribution in [0.3, 0.4) is 0 Å². The van der Waals surface area contributed by atoms with Crippen LogP contribution in [-0.2, 0) is 4.79 Å². The Kier molecular flexibility index (Phi) is 6.36. The lowest BCUT2D eigenvalue weighted by atomic mass is 10.2. The van der Waals surface area contributed by atoms with Crippen molar-refractivity contribution >= 4 is 41.0 Å². The smallest absolute Gasteiger partial charge is 0.277 e. The van der Waals surface area contributed by atoms with Crippen molar-refractivity contribution in [2.75, 3.05) is 24.6 Å². The van der Waals surface area contributed by atoms with Crippen molar-refractivity contribution in [2.24, 2.45) is 5.10 Å². The number of halogens is 2. The lowest BCUT2D eigenvalue weighted by Gasteiger charge is -2.17. The Balaban J connectivity index is 1.46. The normalized spacial score (nSPS) is 14.0. The zero-order valence-corrected chi connectivity index (χ0v) is 15.6. The number of carbonyl (C=O) groups excluding carboxylic acids is 1.